The summed E-state index contributed by atoms with van der Waals surface area (Å²) >= 11 is 1.66. The Morgan fingerprint density at radius 1 is 0.889 bits per heavy atom. The van der Waals surface area contributed by atoms with E-state index < -0.39 is 4.75 Å². The standard InChI is InChI=1S/C29H51N3O3S/c1-8-9-10-11-12-13-14-15-16-17-18-36-29(6,7)27(35)32-30-21-25(33)31-23-19-22(2)26(34)24(20-23)28(3,4)5/h19-20,30,34H,8-18,21H2,1-7H3,(H,31,33)(H,32,35). The van der Waals surface area contributed by atoms with E-state index in [1.165, 1.54) is 57.8 Å². The monoisotopic (exact) mass is 521 g/mol. The predicted octanol–water partition coefficient (Wildman–Crippen LogP) is 6.99. The molecule has 0 heterocycles. The number of phenols is 1. The number of amides is 2. The number of carbonyl (C=O) groups is 2. The first-order chi connectivity index (χ1) is 16.9. The van der Waals surface area contributed by atoms with Crippen LogP contribution in [0.3, 0.4) is 0 Å². The van der Waals surface area contributed by atoms with Crippen molar-refractivity contribution >= 4 is 29.3 Å². The van der Waals surface area contributed by atoms with Gasteiger partial charge >= 0.3 is 0 Å². The van der Waals surface area contributed by atoms with E-state index in [0.717, 1.165) is 17.7 Å². The zero-order valence-corrected chi connectivity index (χ0v) is 24.6. The number of hydrogen-bond donors (Lipinski definition) is 4. The van der Waals surface area contributed by atoms with Crippen LogP contribution in [0.25, 0.3) is 0 Å². The van der Waals surface area contributed by atoms with Crippen molar-refractivity contribution in [3.8, 4) is 5.75 Å². The van der Waals surface area contributed by atoms with Gasteiger partial charge < -0.3 is 10.4 Å². The van der Waals surface area contributed by atoms with Crippen molar-refractivity contribution in [1.82, 2.24) is 10.9 Å². The van der Waals surface area contributed by atoms with Crippen molar-refractivity contribution in [3.05, 3.63) is 23.3 Å². The summed E-state index contributed by atoms with van der Waals surface area (Å²) in [5.74, 6) is 0.802. The molecule has 1 aromatic rings. The van der Waals surface area contributed by atoms with E-state index in [-0.39, 0.29) is 29.5 Å². The summed E-state index contributed by atoms with van der Waals surface area (Å²) in [6.45, 7) is 13.9. The molecule has 2 amide bonds. The van der Waals surface area contributed by atoms with Crippen molar-refractivity contribution in [3.63, 3.8) is 0 Å². The fraction of sp³-hybridized carbons (Fsp3) is 0.724. The number of carbonyl (C=O) groups excluding carboxylic acids is 2. The van der Waals surface area contributed by atoms with Gasteiger partial charge in [-0.3, -0.25) is 15.0 Å². The summed E-state index contributed by atoms with van der Waals surface area (Å²) in [4.78, 5) is 25.0. The number of hydrazine groups is 1. The maximum atomic E-state index is 12.6. The lowest BCUT2D eigenvalue weighted by molar-refractivity contribution is -0.124. The third-order valence-electron chi connectivity index (χ3n) is 6.35. The Morgan fingerprint density at radius 3 is 2.00 bits per heavy atom. The number of aromatic hydroxyl groups is 1. The van der Waals surface area contributed by atoms with Gasteiger partial charge in [0, 0.05) is 11.3 Å². The largest absolute Gasteiger partial charge is 0.507 e. The van der Waals surface area contributed by atoms with E-state index in [0.29, 0.717) is 11.3 Å². The minimum Gasteiger partial charge on any atom is -0.507 e. The average molecular weight is 522 g/mol. The molecule has 36 heavy (non-hydrogen) atoms. The van der Waals surface area contributed by atoms with Crippen LogP contribution in [0.1, 0.15) is 117 Å². The first kappa shape index (κ1) is 32.3. The lowest BCUT2D eigenvalue weighted by Crippen LogP contribution is -2.49. The smallest absolute Gasteiger partial charge is 0.249 e. The number of hydrogen-bond acceptors (Lipinski definition) is 5. The molecule has 0 aliphatic heterocycles. The molecule has 0 spiro atoms. The number of aryl methyl sites for hydroxylation is 1. The highest BCUT2D eigenvalue weighted by molar-refractivity contribution is 8.01. The summed E-state index contributed by atoms with van der Waals surface area (Å²) in [6, 6.07) is 3.54. The van der Waals surface area contributed by atoms with Gasteiger partial charge in [0.15, 0.2) is 0 Å². The van der Waals surface area contributed by atoms with Crippen LogP contribution >= 0.6 is 11.8 Å². The van der Waals surface area contributed by atoms with E-state index in [2.05, 4.69) is 23.1 Å². The third-order valence-corrected chi connectivity index (χ3v) is 7.75. The SMILES string of the molecule is CCCCCCCCCCCCSC(C)(C)C(=O)NNCC(=O)Nc1cc(C)c(O)c(C(C)(C)C)c1. The highest BCUT2D eigenvalue weighted by Crippen LogP contribution is 2.35. The molecule has 206 valence electrons. The molecule has 4 N–H and O–H groups in total. The second-order valence-electron chi connectivity index (χ2n) is 11.3. The van der Waals surface area contributed by atoms with Gasteiger partial charge in [-0.1, -0.05) is 85.5 Å². The first-order valence-electron chi connectivity index (χ1n) is 13.7. The maximum absolute atomic E-state index is 12.6. The molecule has 0 fully saturated rings. The topological polar surface area (TPSA) is 90.5 Å². The van der Waals surface area contributed by atoms with Gasteiger partial charge in [-0.15, -0.1) is 11.8 Å². The zero-order chi connectivity index (χ0) is 27.2. The molecular formula is C29H51N3O3S. The van der Waals surface area contributed by atoms with Crippen molar-refractivity contribution in [2.75, 3.05) is 17.6 Å². The molecule has 0 aliphatic rings. The number of phenolic OH excluding ortho intramolecular Hbond substituents is 1. The van der Waals surface area contributed by atoms with Crippen LogP contribution in [0.2, 0.25) is 0 Å². The van der Waals surface area contributed by atoms with Crippen LogP contribution in [-0.2, 0) is 15.0 Å². The Labute approximate surface area is 224 Å². The second-order valence-corrected chi connectivity index (χ2v) is 13.1. The molecule has 0 aromatic heterocycles. The summed E-state index contributed by atoms with van der Waals surface area (Å²) in [5.41, 5.74) is 7.29. The summed E-state index contributed by atoms with van der Waals surface area (Å²) in [5, 5.41) is 13.2. The molecule has 0 unspecified atom stereocenters. The number of anilines is 1. The fourth-order valence-corrected chi connectivity index (χ4v) is 5.01. The average Bonchev–Trinajstić information content (AvgIpc) is 2.78. The molecule has 6 nitrogen and oxygen atoms in total. The number of rotatable bonds is 17. The lowest BCUT2D eigenvalue weighted by atomic mass is 9.85. The number of nitrogens with one attached hydrogen (secondary N) is 3. The van der Waals surface area contributed by atoms with Gasteiger partial charge in [0.25, 0.3) is 0 Å². The molecule has 1 rings (SSSR count). The molecule has 0 aliphatic carbocycles. The minimum absolute atomic E-state index is 0.0459. The Bertz CT molecular complexity index is 819. The van der Waals surface area contributed by atoms with Gasteiger partial charge in [-0.25, -0.2) is 5.43 Å². The van der Waals surface area contributed by atoms with Gasteiger partial charge in [0.1, 0.15) is 5.75 Å². The Kier molecular flexibility index (Phi) is 14.5. The highest BCUT2D eigenvalue weighted by atomic mass is 32.2. The number of unbranched alkanes of at least 4 members (excludes halogenated alkanes) is 9. The van der Waals surface area contributed by atoms with E-state index in [9.17, 15) is 14.7 Å². The van der Waals surface area contributed by atoms with Crippen LogP contribution in [0.4, 0.5) is 5.69 Å². The number of benzene rings is 1. The predicted molar refractivity (Wildman–Crippen MR) is 155 cm³/mol. The molecule has 1 aromatic carbocycles. The summed E-state index contributed by atoms with van der Waals surface area (Å²) in [7, 11) is 0. The van der Waals surface area contributed by atoms with Crippen molar-refractivity contribution < 1.29 is 14.7 Å². The van der Waals surface area contributed by atoms with Gasteiger partial charge in [0.2, 0.25) is 11.8 Å². The minimum atomic E-state index is -0.571. The van der Waals surface area contributed by atoms with Crippen molar-refractivity contribution in [1.29, 1.82) is 0 Å². The zero-order valence-electron chi connectivity index (χ0n) is 23.8. The van der Waals surface area contributed by atoms with E-state index in [4.69, 9.17) is 0 Å². The Balaban J connectivity index is 2.29. The molecular weight excluding hydrogens is 470 g/mol. The molecule has 0 saturated heterocycles. The molecule has 0 radical (unpaired) electrons. The Morgan fingerprint density at radius 2 is 1.44 bits per heavy atom. The van der Waals surface area contributed by atoms with E-state index >= 15 is 0 Å². The third kappa shape index (κ3) is 12.5. The number of thioether (sulfide) groups is 1. The lowest BCUT2D eigenvalue weighted by Gasteiger charge is -2.23. The summed E-state index contributed by atoms with van der Waals surface area (Å²) in [6.07, 6.45) is 13.0. The quantitative estimate of drug-likeness (QED) is 0.101. The van der Waals surface area contributed by atoms with Crippen molar-refractivity contribution in [2.45, 2.75) is 123 Å². The van der Waals surface area contributed by atoms with Gasteiger partial charge in [0.05, 0.1) is 11.3 Å². The van der Waals surface area contributed by atoms with E-state index in [1.807, 2.05) is 41.5 Å². The van der Waals surface area contributed by atoms with Crippen LogP contribution < -0.4 is 16.2 Å². The van der Waals surface area contributed by atoms with Crippen LogP contribution in [0.5, 0.6) is 5.75 Å². The molecule has 0 atom stereocenters. The normalized spacial score (nSPS) is 12.0. The van der Waals surface area contributed by atoms with E-state index in [1.54, 1.807) is 23.9 Å². The summed E-state index contributed by atoms with van der Waals surface area (Å²) < 4.78 is -0.571. The first-order valence-corrected chi connectivity index (χ1v) is 14.7. The van der Waals surface area contributed by atoms with Crippen LogP contribution in [0.15, 0.2) is 12.1 Å². The highest BCUT2D eigenvalue weighted by Gasteiger charge is 2.28. The molecule has 7 heteroatoms. The molecule has 0 bridgehead atoms. The maximum Gasteiger partial charge on any atom is 0.249 e. The van der Waals surface area contributed by atoms with Gasteiger partial charge in [-0.05, 0) is 56.1 Å². The van der Waals surface area contributed by atoms with Crippen LogP contribution in [-0.4, -0.2) is 34.0 Å². The van der Waals surface area contributed by atoms with Gasteiger partial charge in [-0.2, -0.15) is 0 Å². The Hall–Kier alpha value is -1.73. The second kappa shape index (κ2) is 16.2. The van der Waals surface area contributed by atoms with Crippen LogP contribution in [0, 0.1) is 6.92 Å². The molecule has 0 saturated carbocycles. The van der Waals surface area contributed by atoms with Crippen molar-refractivity contribution in [2.24, 2.45) is 0 Å². The fourth-order valence-electron chi connectivity index (χ4n) is 3.97.